The van der Waals surface area contributed by atoms with Gasteiger partial charge in [-0.2, -0.15) is 0 Å². The molecule has 6 rings (SSSR count). The molecule has 0 fully saturated rings. The van der Waals surface area contributed by atoms with Crippen molar-refractivity contribution < 1.29 is 15.6 Å². The fraction of sp³-hybridized carbons (Fsp3) is 0.282. The van der Waals surface area contributed by atoms with E-state index >= 15 is 0 Å². The van der Waals surface area contributed by atoms with Crippen molar-refractivity contribution in [2.75, 3.05) is 0 Å². The summed E-state index contributed by atoms with van der Waals surface area (Å²) in [6, 6.07) is 29.0. The molecular formula is C39H43Cl2SiZr. The number of allylic oxidation sites excluding steroid dienone is 2. The van der Waals surface area contributed by atoms with Crippen molar-refractivity contribution in [2.24, 2.45) is 5.92 Å². The van der Waals surface area contributed by atoms with E-state index in [2.05, 4.69) is 146 Å². The van der Waals surface area contributed by atoms with Crippen molar-refractivity contribution in [3.05, 3.63) is 129 Å². The molecule has 0 radical (unpaired) electrons. The molecule has 0 aromatic heterocycles. The van der Waals surface area contributed by atoms with Crippen LogP contribution >= 0.6 is 17.0 Å². The summed E-state index contributed by atoms with van der Waals surface area (Å²) in [6.07, 6.45) is 4.90. The predicted octanol–water partition coefficient (Wildman–Crippen LogP) is 12.2. The minimum absolute atomic E-state index is 0.0932. The normalized spacial score (nSPS) is 18.7. The van der Waals surface area contributed by atoms with Crippen molar-refractivity contribution in [1.29, 1.82) is 0 Å². The van der Waals surface area contributed by atoms with E-state index < -0.39 is 21.5 Å². The number of benzene rings is 4. The molecular weight excluding hydrogens is 659 g/mol. The molecule has 221 valence electrons. The number of rotatable bonds is 6. The number of hydrogen-bond acceptors (Lipinski definition) is 0. The van der Waals surface area contributed by atoms with Crippen molar-refractivity contribution >= 4 is 35.1 Å². The molecule has 2 aliphatic rings. The Labute approximate surface area is 267 Å². The molecule has 0 N–H and O–H groups in total. The molecule has 2 atom stereocenters. The number of fused-ring (bicyclic) bond motifs is 2. The Hall–Kier alpha value is -1.96. The van der Waals surface area contributed by atoms with Crippen LogP contribution in [0.25, 0.3) is 34.4 Å². The average molecular weight is 702 g/mol. The summed E-state index contributed by atoms with van der Waals surface area (Å²) < 4.78 is 0.189. The Morgan fingerprint density at radius 2 is 1.37 bits per heavy atom. The van der Waals surface area contributed by atoms with E-state index in [0.29, 0.717) is 5.92 Å². The Kier molecular flexibility index (Phi) is 8.04. The van der Waals surface area contributed by atoms with Gasteiger partial charge in [-0.15, -0.1) is 0 Å². The summed E-state index contributed by atoms with van der Waals surface area (Å²) in [6.45, 7) is 18.5. The van der Waals surface area contributed by atoms with Gasteiger partial charge >= 0.3 is 270 Å². The molecule has 43 heavy (non-hydrogen) atoms. The second-order valence-corrected chi connectivity index (χ2v) is 56.2. The molecule has 0 aliphatic heterocycles. The van der Waals surface area contributed by atoms with E-state index in [1.54, 1.807) is 0 Å². The van der Waals surface area contributed by atoms with Crippen LogP contribution in [0.3, 0.4) is 0 Å². The molecule has 0 saturated carbocycles. The van der Waals surface area contributed by atoms with Crippen molar-refractivity contribution in [3.8, 4) is 22.3 Å². The molecule has 4 aromatic rings. The molecule has 2 unspecified atom stereocenters. The quantitative estimate of drug-likeness (QED) is 0.176. The van der Waals surface area contributed by atoms with Crippen LogP contribution in [-0.2, 0) is 15.6 Å². The van der Waals surface area contributed by atoms with E-state index in [1.807, 2.05) is 0 Å². The molecule has 0 heterocycles. The van der Waals surface area contributed by atoms with Gasteiger partial charge in [0.1, 0.15) is 0 Å². The summed E-state index contributed by atoms with van der Waals surface area (Å²) in [5.41, 5.74) is 17.2. The van der Waals surface area contributed by atoms with E-state index in [4.69, 9.17) is 17.0 Å². The zero-order valence-corrected chi connectivity index (χ0v) is 31.9. The number of hydrogen-bond donors (Lipinski definition) is 0. The predicted molar refractivity (Wildman–Crippen MR) is 190 cm³/mol. The standard InChI is InChI=1S/C19H19.C18H17.C2H7Si.2ClH.Zr/c1-12-5-7-16(15(4)9-12)17-8-6-14(3)18-10-13(2)11-19(17)18;1-13(2)16-11-15-9-6-10-17(18(15)12-16)14-7-4-3-5-8-14;1-3-2;;;/h5-11H,1-4H3;3-13H,1-2H3;3H,1-2H3;2*1H;/q;;;;;+2/p-2. The maximum absolute atomic E-state index is 8.61. The monoisotopic (exact) mass is 699 g/mol. The van der Waals surface area contributed by atoms with Gasteiger partial charge in [0, 0.05) is 0 Å². The molecule has 4 heteroatoms. The molecule has 0 bridgehead atoms. The van der Waals surface area contributed by atoms with Crippen LogP contribution in [0.5, 0.6) is 0 Å². The zero-order valence-electron chi connectivity index (χ0n) is 26.7. The first-order chi connectivity index (χ1) is 20.3. The van der Waals surface area contributed by atoms with Crippen LogP contribution in [0.1, 0.15) is 67.0 Å². The molecule has 4 aromatic carbocycles. The summed E-state index contributed by atoms with van der Waals surface area (Å²) >= 11 is -4.80. The van der Waals surface area contributed by atoms with Crippen LogP contribution in [0.4, 0.5) is 0 Å². The third-order valence-electron chi connectivity index (χ3n) is 10.3. The van der Waals surface area contributed by atoms with Gasteiger partial charge in [0.2, 0.25) is 0 Å². The van der Waals surface area contributed by atoms with Gasteiger partial charge in [-0.3, -0.25) is 0 Å². The van der Waals surface area contributed by atoms with Crippen LogP contribution in [0.15, 0.2) is 90.0 Å². The van der Waals surface area contributed by atoms with Gasteiger partial charge in [0.25, 0.3) is 0 Å². The first-order valence-electron chi connectivity index (χ1n) is 15.7. The van der Waals surface area contributed by atoms with Gasteiger partial charge in [-0.1, -0.05) is 0 Å². The Morgan fingerprint density at radius 1 is 0.674 bits per heavy atom. The average Bonchev–Trinajstić information content (AvgIpc) is 3.54. The molecule has 0 saturated heterocycles. The van der Waals surface area contributed by atoms with Crippen LogP contribution < -0.4 is 0 Å². The topological polar surface area (TPSA) is 0 Å². The Balaban J connectivity index is 1.61. The Bertz CT molecular complexity index is 1810. The first-order valence-corrected chi connectivity index (χ1v) is 32.0. The SMILES string of the molecule is CC1=Cc2c(-c3ccc(C)cc3C)ccc(C)c2[CH]1[Zr]([Cl])([Cl])([CH]1C(C(C)C)=Cc2c(-c3ccccc3)cccc21)[SiH](C)C. The number of aryl methyl sites for hydroxylation is 3. The van der Waals surface area contributed by atoms with Crippen molar-refractivity contribution in [1.82, 2.24) is 0 Å². The van der Waals surface area contributed by atoms with Crippen molar-refractivity contribution in [3.63, 3.8) is 0 Å². The van der Waals surface area contributed by atoms with Gasteiger partial charge in [-0.05, 0) is 0 Å². The van der Waals surface area contributed by atoms with Gasteiger partial charge in [-0.25, -0.2) is 0 Å². The number of halogens is 2. The van der Waals surface area contributed by atoms with E-state index in [9.17, 15) is 0 Å². The zero-order chi connectivity index (χ0) is 30.9. The summed E-state index contributed by atoms with van der Waals surface area (Å²) in [7, 11) is 17.2. The summed E-state index contributed by atoms with van der Waals surface area (Å²) in [5.74, 6) is -1.26. The fourth-order valence-electron chi connectivity index (χ4n) is 8.13. The van der Waals surface area contributed by atoms with Crippen LogP contribution in [0.2, 0.25) is 13.1 Å². The van der Waals surface area contributed by atoms with Crippen molar-refractivity contribution in [2.45, 2.75) is 61.9 Å². The van der Waals surface area contributed by atoms with Gasteiger partial charge < -0.3 is 0 Å². The van der Waals surface area contributed by atoms with Gasteiger partial charge in [0.15, 0.2) is 0 Å². The molecule has 2 aliphatic carbocycles. The summed E-state index contributed by atoms with van der Waals surface area (Å²) in [4.78, 5) is 0. The van der Waals surface area contributed by atoms with E-state index in [-0.39, 0.29) is 7.25 Å². The molecule has 0 spiro atoms. The van der Waals surface area contributed by atoms with Crippen LogP contribution in [0, 0.1) is 26.7 Å². The third kappa shape index (κ3) is 4.78. The molecule has 0 amide bonds. The minimum atomic E-state index is -4.80. The summed E-state index contributed by atoms with van der Waals surface area (Å²) in [5, 5.41) is 0. The van der Waals surface area contributed by atoms with E-state index in [1.165, 1.54) is 72.3 Å². The molecule has 0 nitrogen and oxygen atoms in total. The van der Waals surface area contributed by atoms with E-state index in [0.717, 1.165) is 0 Å². The Morgan fingerprint density at radius 3 is 2.02 bits per heavy atom. The first kappa shape index (κ1) is 31.0. The fourth-order valence-corrected chi connectivity index (χ4v) is 40.4. The third-order valence-corrected chi connectivity index (χ3v) is 62.3. The van der Waals surface area contributed by atoms with Gasteiger partial charge in [0.05, 0.1) is 0 Å². The van der Waals surface area contributed by atoms with Crippen LogP contribution in [-0.4, -0.2) is 5.92 Å². The second kappa shape index (κ2) is 11.1. The second-order valence-electron chi connectivity index (χ2n) is 13.7. The maximum atomic E-state index is 8.61.